The highest BCUT2D eigenvalue weighted by molar-refractivity contribution is 9.10. The van der Waals surface area contributed by atoms with Crippen LogP contribution in [0.5, 0.6) is 0 Å². The molecule has 0 spiro atoms. The minimum Gasteiger partial charge on any atom is -0.322 e. The van der Waals surface area contributed by atoms with E-state index < -0.39 is 0 Å². The summed E-state index contributed by atoms with van der Waals surface area (Å²) in [5.41, 5.74) is 4.10. The average Bonchev–Trinajstić information content (AvgIpc) is 3.07. The summed E-state index contributed by atoms with van der Waals surface area (Å²) in [4.78, 5) is 14.2. The second kappa shape index (κ2) is 7.54. The summed E-state index contributed by atoms with van der Waals surface area (Å²) < 4.78 is 0.778. The number of aryl methyl sites for hydroxylation is 1. The van der Waals surface area contributed by atoms with Gasteiger partial charge in [-0.1, -0.05) is 39.1 Å². The Morgan fingerprint density at radius 1 is 1.00 bits per heavy atom. The largest absolute Gasteiger partial charge is 0.322 e. The van der Waals surface area contributed by atoms with E-state index in [1.807, 2.05) is 25.1 Å². The van der Waals surface area contributed by atoms with Gasteiger partial charge in [0.15, 0.2) is 0 Å². The molecule has 0 aliphatic carbocycles. The number of nitrogens with one attached hydrogen (secondary N) is 1. The van der Waals surface area contributed by atoms with E-state index in [9.17, 15) is 4.79 Å². The number of hydrogen-bond acceptors (Lipinski definition) is 3. The second-order valence-corrected chi connectivity index (χ2v) is 7.96. The molecule has 1 aromatic heterocycles. The number of amides is 1. The van der Waals surface area contributed by atoms with Crippen molar-refractivity contribution in [2.45, 2.75) is 6.92 Å². The zero-order valence-electron chi connectivity index (χ0n) is 14.6. The van der Waals surface area contributed by atoms with Gasteiger partial charge in [-0.05, 0) is 67.1 Å². The molecule has 0 atom stereocenters. The van der Waals surface area contributed by atoms with Crippen molar-refractivity contribution in [3.63, 3.8) is 0 Å². The topological polar surface area (TPSA) is 59.8 Å². The van der Waals surface area contributed by atoms with E-state index in [0.717, 1.165) is 21.2 Å². The number of anilines is 1. The first kappa shape index (κ1) is 18.9. The van der Waals surface area contributed by atoms with Crippen LogP contribution in [-0.2, 0) is 0 Å². The number of halogens is 3. The molecular weight excluding hydrogens is 463 g/mol. The Labute approximate surface area is 179 Å². The van der Waals surface area contributed by atoms with Crippen molar-refractivity contribution in [2.75, 3.05) is 5.32 Å². The number of fused-ring (bicyclic) bond motifs is 1. The average molecular weight is 476 g/mol. The molecule has 1 amide bonds. The second-order valence-electron chi connectivity index (χ2n) is 6.20. The van der Waals surface area contributed by atoms with Crippen molar-refractivity contribution >= 4 is 61.8 Å². The standard InChI is InChI=1S/C20H13BrCl2N4O/c1-11-8-18-19(26-27(25-18)14-5-3-13(22)4-6-14)10-17(11)24-20(28)15-9-12(21)2-7-16(15)23/h2-10H,1H3,(H,24,28). The molecule has 1 N–H and O–H groups in total. The van der Waals surface area contributed by atoms with E-state index in [2.05, 4.69) is 31.4 Å². The summed E-state index contributed by atoms with van der Waals surface area (Å²) in [6.45, 7) is 1.90. The zero-order valence-corrected chi connectivity index (χ0v) is 17.7. The molecule has 4 aromatic rings. The van der Waals surface area contributed by atoms with E-state index in [-0.39, 0.29) is 5.91 Å². The Kier molecular flexibility index (Phi) is 5.10. The van der Waals surface area contributed by atoms with Crippen molar-refractivity contribution in [1.29, 1.82) is 0 Å². The predicted molar refractivity (Wildman–Crippen MR) is 116 cm³/mol. The number of aromatic nitrogens is 3. The van der Waals surface area contributed by atoms with Crippen molar-refractivity contribution in [1.82, 2.24) is 15.0 Å². The highest BCUT2D eigenvalue weighted by atomic mass is 79.9. The van der Waals surface area contributed by atoms with Crippen LogP contribution in [0.4, 0.5) is 5.69 Å². The van der Waals surface area contributed by atoms with Gasteiger partial charge in [0.25, 0.3) is 5.91 Å². The molecule has 5 nitrogen and oxygen atoms in total. The third kappa shape index (κ3) is 3.76. The number of hydrogen-bond donors (Lipinski definition) is 1. The van der Waals surface area contributed by atoms with Crippen LogP contribution in [0, 0.1) is 6.92 Å². The first-order valence-corrected chi connectivity index (χ1v) is 9.85. The van der Waals surface area contributed by atoms with Gasteiger partial charge in [0.1, 0.15) is 11.0 Å². The summed E-state index contributed by atoms with van der Waals surface area (Å²) in [5, 5.41) is 12.9. The first-order valence-electron chi connectivity index (χ1n) is 8.31. The maximum atomic E-state index is 12.7. The van der Waals surface area contributed by atoms with Gasteiger partial charge in [0.2, 0.25) is 0 Å². The van der Waals surface area contributed by atoms with Crippen molar-refractivity contribution < 1.29 is 4.79 Å². The summed E-state index contributed by atoms with van der Waals surface area (Å²) >= 11 is 15.5. The summed E-state index contributed by atoms with van der Waals surface area (Å²) in [6.07, 6.45) is 0. The fourth-order valence-corrected chi connectivity index (χ4v) is 3.44. The van der Waals surface area contributed by atoms with Crippen LogP contribution in [-0.4, -0.2) is 20.9 Å². The van der Waals surface area contributed by atoms with Crippen LogP contribution in [0.15, 0.2) is 59.1 Å². The molecule has 140 valence electrons. The normalized spacial score (nSPS) is 11.0. The lowest BCUT2D eigenvalue weighted by Gasteiger charge is -2.09. The molecule has 0 unspecified atom stereocenters. The smallest absolute Gasteiger partial charge is 0.257 e. The fourth-order valence-electron chi connectivity index (χ4n) is 2.75. The maximum Gasteiger partial charge on any atom is 0.257 e. The molecule has 0 bridgehead atoms. The van der Waals surface area contributed by atoms with Gasteiger partial charge < -0.3 is 5.32 Å². The summed E-state index contributed by atoms with van der Waals surface area (Å²) in [5.74, 6) is -0.293. The summed E-state index contributed by atoms with van der Waals surface area (Å²) in [7, 11) is 0. The molecule has 0 fully saturated rings. The van der Waals surface area contributed by atoms with Crippen LogP contribution in [0.2, 0.25) is 10.0 Å². The molecule has 4 rings (SSSR count). The number of carbonyl (C=O) groups is 1. The molecule has 1 heterocycles. The van der Waals surface area contributed by atoms with Gasteiger partial charge in [-0.2, -0.15) is 4.80 Å². The van der Waals surface area contributed by atoms with Crippen LogP contribution in [0.25, 0.3) is 16.7 Å². The van der Waals surface area contributed by atoms with E-state index in [1.165, 1.54) is 4.80 Å². The van der Waals surface area contributed by atoms with Crippen molar-refractivity contribution in [3.05, 3.63) is 80.2 Å². The number of nitrogens with zero attached hydrogens (tertiary/aromatic N) is 3. The molecule has 3 aromatic carbocycles. The van der Waals surface area contributed by atoms with Crippen LogP contribution < -0.4 is 5.32 Å². The molecule has 0 aliphatic heterocycles. The Morgan fingerprint density at radius 3 is 2.39 bits per heavy atom. The Hall–Kier alpha value is -2.41. The number of rotatable bonds is 3. The van der Waals surface area contributed by atoms with Crippen LogP contribution >= 0.6 is 39.1 Å². The molecule has 0 radical (unpaired) electrons. The molecule has 0 saturated heterocycles. The lowest BCUT2D eigenvalue weighted by Crippen LogP contribution is -2.13. The molecule has 8 heteroatoms. The third-order valence-corrected chi connectivity index (χ3v) is 5.28. The van der Waals surface area contributed by atoms with Gasteiger partial charge in [-0.3, -0.25) is 4.79 Å². The monoisotopic (exact) mass is 474 g/mol. The SMILES string of the molecule is Cc1cc2nn(-c3ccc(Cl)cc3)nc2cc1NC(=O)c1cc(Br)ccc1Cl. The highest BCUT2D eigenvalue weighted by Gasteiger charge is 2.14. The quantitative estimate of drug-likeness (QED) is 0.392. The fraction of sp³-hybridized carbons (Fsp3) is 0.0500. The van der Waals surface area contributed by atoms with Gasteiger partial charge in [-0.25, -0.2) is 0 Å². The minimum absolute atomic E-state index is 0.293. The van der Waals surface area contributed by atoms with Gasteiger partial charge in [0, 0.05) is 15.2 Å². The maximum absolute atomic E-state index is 12.7. The predicted octanol–water partition coefficient (Wildman–Crippen LogP) is 6.05. The van der Waals surface area contributed by atoms with E-state index >= 15 is 0 Å². The lowest BCUT2D eigenvalue weighted by atomic mass is 10.1. The van der Waals surface area contributed by atoms with Crippen LogP contribution in [0.3, 0.4) is 0 Å². The molecule has 0 aliphatic rings. The third-order valence-electron chi connectivity index (χ3n) is 4.21. The molecular formula is C20H13BrCl2N4O. The number of carbonyl (C=O) groups excluding carboxylic acids is 1. The van der Waals surface area contributed by atoms with E-state index in [1.54, 1.807) is 36.4 Å². The zero-order chi connectivity index (χ0) is 19.8. The van der Waals surface area contributed by atoms with Gasteiger partial charge >= 0.3 is 0 Å². The van der Waals surface area contributed by atoms with E-state index in [0.29, 0.717) is 26.8 Å². The van der Waals surface area contributed by atoms with E-state index in [4.69, 9.17) is 23.2 Å². The van der Waals surface area contributed by atoms with Crippen molar-refractivity contribution in [3.8, 4) is 5.69 Å². The first-order chi connectivity index (χ1) is 13.4. The van der Waals surface area contributed by atoms with Gasteiger partial charge in [0.05, 0.1) is 16.3 Å². The van der Waals surface area contributed by atoms with Crippen LogP contribution in [0.1, 0.15) is 15.9 Å². The lowest BCUT2D eigenvalue weighted by molar-refractivity contribution is 0.102. The van der Waals surface area contributed by atoms with Gasteiger partial charge in [-0.15, -0.1) is 10.2 Å². The summed E-state index contributed by atoms with van der Waals surface area (Å²) in [6, 6.07) is 16.1. The number of benzene rings is 3. The molecule has 0 saturated carbocycles. The van der Waals surface area contributed by atoms with Crippen molar-refractivity contribution in [2.24, 2.45) is 0 Å². The Bertz CT molecular complexity index is 1210. The minimum atomic E-state index is -0.293. The Morgan fingerprint density at radius 2 is 1.68 bits per heavy atom. The molecule has 28 heavy (non-hydrogen) atoms. The highest BCUT2D eigenvalue weighted by Crippen LogP contribution is 2.26. The Balaban J connectivity index is 1.68.